The monoisotopic (exact) mass is 376 g/mol. The van der Waals surface area contributed by atoms with Crippen molar-refractivity contribution in [3.63, 3.8) is 0 Å². The van der Waals surface area contributed by atoms with E-state index in [2.05, 4.69) is 5.32 Å². The minimum Gasteiger partial charge on any atom is -0.319 e. The molecule has 2 rings (SSSR count). The quantitative estimate of drug-likeness (QED) is 0.347. The Morgan fingerprint density at radius 2 is 1.67 bits per heavy atom. The highest BCUT2D eigenvalue weighted by Gasteiger charge is 2.45. The van der Waals surface area contributed by atoms with Crippen LogP contribution in [0.2, 0.25) is 0 Å². The van der Waals surface area contributed by atoms with Crippen LogP contribution in [0.25, 0.3) is 0 Å². The van der Waals surface area contributed by atoms with Crippen molar-refractivity contribution in [2.24, 2.45) is 5.92 Å². The molecule has 0 spiro atoms. The Kier molecular flexibility index (Phi) is 5.58. The molecule has 0 aromatic heterocycles. The van der Waals surface area contributed by atoms with Crippen LogP contribution in [0.15, 0.2) is 12.1 Å². The zero-order chi connectivity index (χ0) is 20.5. The maximum Gasteiger partial charge on any atom is 0.334 e. The molecule has 1 heterocycles. The lowest BCUT2D eigenvalue weighted by Crippen LogP contribution is -2.39. The fourth-order valence-corrected chi connectivity index (χ4v) is 2.60. The van der Waals surface area contributed by atoms with Gasteiger partial charge in [0.05, 0.1) is 4.92 Å². The van der Waals surface area contributed by atoms with E-state index in [0.29, 0.717) is 10.5 Å². The van der Waals surface area contributed by atoms with E-state index < -0.39 is 35.2 Å². The molecule has 5 amide bonds. The van der Waals surface area contributed by atoms with Gasteiger partial charge in [0.2, 0.25) is 5.91 Å². The van der Waals surface area contributed by atoms with Crippen molar-refractivity contribution in [2.45, 2.75) is 27.7 Å². The number of hydrogen-bond acceptors (Lipinski definition) is 6. The topological polar surface area (TPSA) is 130 Å². The number of nitro groups is 1. The molecule has 144 valence electrons. The first-order valence-corrected chi connectivity index (χ1v) is 8.25. The number of amides is 5. The average Bonchev–Trinajstić information content (AvgIpc) is 2.75. The highest BCUT2D eigenvalue weighted by atomic mass is 16.6. The number of hydrogen-bond donors (Lipinski definition) is 1. The van der Waals surface area contributed by atoms with Crippen LogP contribution in [-0.2, 0) is 14.4 Å². The fourth-order valence-electron chi connectivity index (χ4n) is 2.60. The summed E-state index contributed by atoms with van der Waals surface area (Å²) in [6.45, 7) is 6.33. The number of nitrogens with one attached hydrogen (secondary N) is 1. The van der Waals surface area contributed by atoms with Gasteiger partial charge in [0.15, 0.2) is 0 Å². The van der Waals surface area contributed by atoms with E-state index in [1.54, 1.807) is 27.7 Å². The van der Waals surface area contributed by atoms with Crippen LogP contribution in [0.5, 0.6) is 0 Å². The first kappa shape index (κ1) is 20.0. The Morgan fingerprint density at radius 3 is 2.22 bits per heavy atom. The molecular formula is C17H20N4O6. The van der Waals surface area contributed by atoms with Crippen LogP contribution in [0.3, 0.4) is 0 Å². The van der Waals surface area contributed by atoms with Crippen LogP contribution in [0, 0.1) is 29.9 Å². The summed E-state index contributed by atoms with van der Waals surface area (Å²) in [5.41, 5.74) is 1.06. The summed E-state index contributed by atoms with van der Waals surface area (Å²) in [5, 5.41) is 13.5. The third kappa shape index (κ3) is 4.10. The predicted molar refractivity (Wildman–Crippen MR) is 94.9 cm³/mol. The summed E-state index contributed by atoms with van der Waals surface area (Å²) >= 11 is 0. The average molecular weight is 376 g/mol. The van der Waals surface area contributed by atoms with E-state index in [-0.39, 0.29) is 23.8 Å². The lowest BCUT2D eigenvalue weighted by atomic mass is 10.1. The van der Waals surface area contributed by atoms with E-state index >= 15 is 0 Å². The summed E-state index contributed by atoms with van der Waals surface area (Å²) in [4.78, 5) is 60.3. The molecule has 0 saturated carbocycles. The van der Waals surface area contributed by atoms with E-state index in [9.17, 15) is 29.3 Å². The number of rotatable bonds is 6. The van der Waals surface area contributed by atoms with Gasteiger partial charge in [-0.3, -0.25) is 29.4 Å². The van der Waals surface area contributed by atoms with Crippen molar-refractivity contribution in [1.82, 2.24) is 9.80 Å². The van der Waals surface area contributed by atoms with Crippen LogP contribution in [0.1, 0.15) is 25.0 Å². The highest BCUT2D eigenvalue weighted by Crippen LogP contribution is 2.28. The van der Waals surface area contributed by atoms with Gasteiger partial charge in [0.1, 0.15) is 12.2 Å². The second kappa shape index (κ2) is 7.52. The second-order valence-electron chi connectivity index (χ2n) is 6.74. The maximum atomic E-state index is 12.3. The zero-order valence-electron chi connectivity index (χ0n) is 15.4. The standard InChI is InChI=1S/C17H20N4O6/c1-9(2)7-19-15(23)16(24)20(17(19)25)8-14(22)18-12-5-10(3)11(4)6-13(12)21(26)27/h5-6,9H,7-8H2,1-4H3,(H,18,22). The van der Waals surface area contributed by atoms with Crippen LogP contribution < -0.4 is 5.32 Å². The van der Waals surface area contributed by atoms with Crippen molar-refractivity contribution < 1.29 is 24.1 Å². The zero-order valence-corrected chi connectivity index (χ0v) is 15.4. The van der Waals surface area contributed by atoms with Gasteiger partial charge in [0.25, 0.3) is 5.69 Å². The Hall–Kier alpha value is -3.30. The van der Waals surface area contributed by atoms with Crippen LogP contribution >= 0.6 is 0 Å². The number of carbonyl (C=O) groups is 4. The van der Waals surface area contributed by atoms with Crippen LogP contribution in [0.4, 0.5) is 16.2 Å². The summed E-state index contributed by atoms with van der Waals surface area (Å²) in [6.07, 6.45) is 0. The van der Waals surface area contributed by atoms with E-state index in [0.717, 1.165) is 10.5 Å². The molecule has 1 aromatic rings. The molecule has 0 bridgehead atoms. The molecule has 0 unspecified atom stereocenters. The third-order valence-electron chi connectivity index (χ3n) is 4.07. The van der Waals surface area contributed by atoms with Crippen molar-refractivity contribution in [3.8, 4) is 0 Å². The molecule has 1 aliphatic rings. The molecule has 10 heteroatoms. The van der Waals surface area contributed by atoms with Gasteiger partial charge >= 0.3 is 17.8 Å². The SMILES string of the molecule is Cc1cc(NC(=O)CN2C(=O)C(=O)N(CC(C)C)C2=O)c([N+](=O)[O-])cc1C. The molecule has 0 radical (unpaired) electrons. The lowest BCUT2D eigenvalue weighted by molar-refractivity contribution is -0.384. The summed E-state index contributed by atoms with van der Waals surface area (Å²) < 4.78 is 0. The molecule has 1 aromatic carbocycles. The van der Waals surface area contributed by atoms with Gasteiger partial charge in [-0.05, 0) is 37.0 Å². The number of imide groups is 2. The number of nitrogens with zero attached hydrogens (tertiary/aromatic N) is 3. The number of anilines is 1. The van der Waals surface area contributed by atoms with Crippen molar-refractivity contribution in [3.05, 3.63) is 33.4 Å². The number of urea groups is 1. The fraction of sp³-hybridized carbons (Fsp3) is 0.412. The van der Waals surface area contributed by atoms with Gasteiger partial charge in [-0.1, -0.05) is 13.8 Å². The molecule has 1 fully saturated rings. The molecule has 1 aliphatic heterocycles. The maximum absolute atomic E-state index is 12.3. The third-order valence-corrected chi connectivity index (χ3v) is 4.07. The molecule has 0 aliphatic carbocycles. The highest BCUT2D eigenvalue weighted by molar-refractivity contribution is 6.45. The minimum atomic E-state index is -1.09. The van der Waals surface area contributed by atoms with Gasteiger partial charge in [-0.15, -0.1) is 0 Å². The Morgan fingerprint density at radius 1 is 1.11 bits per heavy atom. The van der Waals surface area contributed by atoms with E-state index in [1.165, 1.54) is 12.1 Å². The molecular weight excluding hydrogens is 356 g/mol. The second-order valence-corrected chi connectivity index (χ2v) is 6.74. The number of carbonyl (C=O) groups excluding carboxylic acids is 4. The van der Waals surface area contributed by atoms with Gasteiger partial charge in [-0.25, -0.2) is 9.69 Å². The van der Waals surface area contributed by atoms with E-state index in [4.69, 9.17) is 0 Å². The summed E-state index contributed by atoms with van der Waals surface area (Å²) in [5.74, 6) is -2.94. The van der Waals surface area contributed by atoms with E-state index in [1.807, 2.05) is 0 Å². The molecule has 1 saturated heterocycles. The van der Waals surface area contributed by atoms with Gasteiger partial charge < -0.3 is 5.32 Å². The lowest BCUT2D eigenvalue weighted by Gasteiger charge is -2.17. The van der Waals surface area contributed by atoms with Crippen molar-refractivity contribution >= 4 is 35.1 Å². The van der Waals surface area contributed by atoms with Gasteiger partial charge in [-0.2, -0.15) is 0 Å². The normalized spacial score (nSPS) is 14.3. The number of benzene rings is 1. The largest absolute Gasteiger partial charge is 0.334 e. The Balaban J connectivity index is 2.18. The Labute approximate surface area is 155 Å². The molecule has 27 heavy (non-hydrogen) atoms. The smallest absolute Gasteiger partial charge is 0.319 e. The Bertz CT molecular complexity index is 848. The van der Waals surface area contributed by atoms with Gasteiger partial charge in [0, 0.05) is 12.6 Å². The summed E-state index contributed by atoms with van der Waals surface area (Å²) in [7, 11) is 0. The summed E-state index contributed by atoms with van der Waals surface area (Å²) in [6, 6.07) is 1.89. The molecule has 0 atom stereocenters. The number of aryl methyl sites for hydroxylation is 2. The van der Waals surface area contributed by atoms with Crippen LogP contribution in [-0.4, -0.2) is 51.6 Å². The molecule has 10 nitrogen and oxygen atoms in total. The minimum absolute atomic E-state index is 0.0438. The molecule has 1 N–H and O–H groups in total. The first-order valence-electron chi connectivity index (χ1n) is 8.25. The number of nitro benzene ring substituents is 1. The predicted octanol–water partition coefficient (Wildman–Crippen LogP) is 1.60. The first-order chi connectivity index (χ1) is 12.5. The van der Waals surface area contributed by atoms with Crippen molar-refractivity contribution in [1.29, 1.82) is 0 Å². The van der Waals surface area contributed by atoms with Crippen molar-refractivity contribution in [2.75, 3.05) is 18.4 Å².